The van der Waals surface area contributed by atoms with Crippen LogP contribution in [0.3, 0.4) is 0 Å². The largest absolute Gasteiger partial charge is 0.319 e. The minimum Gasteiger partial charge on any atom is -0.319 e. The van der Waals surface area contributed by atoms with Crippen LogP contribution >= 0.6 is 11.3 Å². The summed E-state index contributed by atoms with van der Waals surface area (Å²) < 4.78 is 0. The van der Waals surface area contributed by atoms with Gasteiger partial charge in [0.1, 0.15) is 5.01 Å². The Morgan fingerprint density at radius 3 is 2.39 bits per heavy atom. The quantitative estimate of drug-likeness (QED) is 0.912. The van der Waals surface area contributed by atoms with Crippen LogP contribution in [0.4, 0.5) is 0 Å². The number of aryl methyl sites for hydroxylation is 2. The van der Waals surface area contributed by atoms with Crippen LogP contribution in [0.5, 0.6) is 0 Å². The SMILES string of the molecule is CCC(N)(Cc1ccccc1)c1nc(C)c(C)s1. The molecule has 1 aromatic carbocycles. The fourth-order valence-electron chi connectivity index (χ4n) is 2.00. The van der Waals surface area contributed by atoms with E-state index in [1.54, 1.807) is 11.3 Å². The van der Waals surface area contributed by atoms with Gasteiger partial charge in [-0.1, -0.05) is 37.3 Å². The number of nitrogens with two attached hydrogens (primary N) is 1. The second-order valence-electron chi connectivity index (χ2n) is 4.83. The summed E-state index contributed by atoms with van der Waals surface area (Å²) in [6.45, 7) is 6.29. The van der Waals surface area contributed by atoms with Gasteiger partial charge in [-0.3, -0.25) is 0 Å². The standard InChI is InChI=1S/C15H20N2S/c1-4-15(16,10-13-8-6-5-7-9-13)14-17-11(2)12(3)18-14/h5-9H,4,10,16H2,1-3H3. The highest BCUT2D eigenvalue weighted by molar-refractivity contribution is 7.11. The fraction of sp³-hybridized carbons (Fsp3) is 0.400. The van der Waals surface area contributed by atoms with Crippen molar-refractivity contribution in [2.45, 2.75) is 39.2 Å². The molecule has 0 spiro atoms. The van der Waals surface area contributed by atoms with E-state index in [-0.39, 0.29) is 5.54 Å². The summed E-state index contributed by atoms with van der Waals surface area (Å²) in [5.74, 6) is 0. The zero-order valence-electron chi connectivity index (χ0n) is 11.2. The molecule has 0 amide bonds. The second kappa shape index (κ2) is 5.21. The topological polar surface area (TPSA) is 38.9 Å². The molecule has 2 aromatic rings. The number of rotatable bonds is 4. The number of aromatic nitrogens is 1. The maximum Gasteiger partial charge on any atom is 0.113 e. The summed E-state index contributed by atoms with van der Waals surface area (Å²) in [5, 5.41) is 1.06. The minimum atomic E-state index is -0.342. The van der Waals surface area contributed by atoms with Crippen molar-refractivity contribution in [2.75, 3.05) is 0 Å². The summed E-state index contributed by atoms with van der Waals surface area (Å²) in [4.78, 5) is 5.91. The van der Waals surface area contributed by atoms with Gasteiger partial charge in [0.2, 0.25) is 0 Å². The van der Waals surface area contributed by atoms with Crippen molar-refractivity contribution in [3.8, 4) is 0 Å². The number of hydrogen-bond donors (Lipinski definition) is 1. The average Bonchev–Trinajstić information content (AvgIpc) is 2.71. The van der Waals surface area contributed by atoms with Crippen LogP contribution in [0.1, 0.15) is 34.5 Å². The summed E-state index contributed by atoms with van der Waals surface area (Å²) in [5.41, 5.74) is 8.61. The van der Waals surface area contributed by atoms with Crippen molar-refractivity contribution in [1.29, 1.82) is 0 Å². The normalized spacial score (nSPS) is 14.4. The molecule has 0 aliphatic rings. The predicted octanol–water partition coefficient (Wildman–Crippen LogP) is 3.57. The molecule has 3 heteroatoms. The van der Waals surface area contributed by atoms with Gasteiger partial charge in [-0.2, -0.15) is 0 Å². The van der Waals surface area contributed by atoms with Crippen LogP contribution in [0.25, 0.3) is 0 Å². The molecular weight excluding hydrogens is 240 g/mol. The van der Waals surface area contributed by atoms with Crippen molar-refractivity contribution >= 4 is 11.3 Å². The second-order valence-corrected chi connectivity index (χ2v) is 6.04. The molecular formula is C15H20N2S. The van der Waals surface area contributed by atoms with Crippen LogP contribution < -0.4 is 5.73 Å². The zero-order chi connectivity index (χ0) is 13.2. The first-order valence-corrected chi connectivity index (χ1v) is 7.14. The van der Waals surface area contributed by atoms with Gasteiger partial charge in [0, 0.05) is 4.88 Å². The number of nitrogens with zero attached hydrogens (tertiary/aromatic N) is 1. The Bertz CT molecular complexity index is 499. The zero-order valence-corrected chi connectivity index (χ0v) is 12.1. The number of benzene rings is 1. The molecule has 0 radical (unpaired) electrons. The molecule has 1 unspecified atom stereocenters. The van der Waals surface area contributed by atoms with Gasteiger partial charge in [0.05, 0.1) is 11.2 Å². The van der Waals surface area contributed by atoms with E-state index in [1.165, 1.54) is 10.4 Å². The molecule has 2 rings (SSSR count). The van der Waals surface area contributed by atoms with Crippen molar-refractivity contribution in [3.05, 3.63) is 51.5 Å². The third kappa shape index (κ3) is 2.62. The van der Waals surface area contributed by atoms with Gasteiger partial charge in [0.15, 0.2) is 0 Å². The molecule has 1 aromatic heterocycles. The molecule has 0 bridgehead atoms. The fourth-order valence-corrected chi connectivity index (χ4v) is 3.08. The van der Waals surface area contributed by atoms with E-state index in [1.807, 2.05) is 13.0 Å². The van der Waals surface area contributed by atoms with Crippen molar-refractivity contribution in [2.24, 2.45) is 5.73 Å². The van der Waals surface area contributed by atoms with Gasteiger partial charge >= 0.3 is 0 Å². The first-order valence-electron chi connectivity index (χ1n) is 6.32. The van der Waals surface area contributed by atoms with E-state index < -0.39 is 0 Å². The lowest BCUT2D eigenvalue weighted by atomic mass is 9.90. The summed E-state index contributed by atoms with van der Waals surface area (Å²) in [6, 6.07) is 10.4. The molecule has 1 heterocycles. The first kappa shape index (κ1) is 13.2. The molecule has 0 saturated carbocycles. The van der Waals surface area contributed by atoms with Gasteiger partial charge in [-0.25, -0.2) is 4.98 Å². The van der Waals surface area contributed by atoms with Crippen LogP contribution in [0, 0.1) is 13.8 Å². The highest BCUT2D eigenvalue weighted by atomic mass is 32.1. The lowest BCUT2D eigenvalue weighted by Crippen LogP contribution is -2.38. The smallest absolute Gasteiger partial charge is 0.113 e. The molecule has 0 aliphatic heterocycles. The van der Waals surface area contributed by atoms with Crippen molar-refractivity contribution in [3.63, 3.8) is 0 Å². The molecule has 1 atom stereocenters. The Morgan fingerprint density at radius 2 is 1.89 bits per heavy atom. The molecule has 2 nitrogen and oxygen atoms in total. The van der Waals surface area contributed by atoms with Crippen molar-refractivity contribution in [1.82, 2.24) is 4.98 Å². The highest BCUT2D eigenvalue weighted by Gasteiger charge is 2.29. The van der Waals surface area contributed by atoms with E-state index >= 15 is 0 Å². The van der Waals surface area contributed by atoms with Gasteiger partial charge in [-0.05, 0) is 32.3 Å². The third-order valence-corrected chi connectivity index (χ3v) is 4.74. The summed E-state index contributed by atoms with van der Waals surface area (Å²) in [7, 11) is 0. The molecule has 0 fully saturated rings. The minimum absolute atomic E-state index is 0.342. The van der Waals surface area contributed by atoms with Gasteiger partial charge in [0.25, 0.3) is 0 Å². The van der Waals surface area contributed by atoms with Crippen molar-refractivity contribution < 1.29 is 0 Å². The Kier molecular flexibility index (Phi) is 3.83. The molecule has 2 N–H and O–H groups in total. The monoisotopic (exact) mass is 260 g/mol. The Balaban J connectivity index is 2.30. The van der Waals surface area contributed by atoms with E-state index in [0.29, 0.717) is 0 Å². The van der Waals surface area contributed by atoms with Crippen LogP contribution in [-0.2, 0) is 12.0 Å². The molecule has 0 saturated heterocycles. The van der Waals surface area contributed by atoms with E-state index in [2.05, 4.69) is 43.1 Å². The summed E-state index contributed by atoms with van der Waals surface area (Å²) in [6.07, 6.45) is 1.74. The van der Waals surface area contributed by atoms with E-state index in [4.69, 9.17) is 5.73 Å². The van der Waals surface area contributed by atoms with Crippen LogP contribution in [0.15, 0.2) is 30.3 Å². The van der Waals surface area contributed by atoms with E-state index in [0.717, 1.165) is 23.5 Å². The maximum atomic E-state index is 6.58. The van der Waals surface area contributed by atoms with Crippen LogP contribution in [-0.4, -0.2) is 4.98 Å². The summed E-state index contributed by atoms with van der Waals surface area (Å²) >= 11 is 1.73. The van der Waals surface area contributed by atoms with Crippen LogP contribution in [0.2, 0.25) is 0 Å². The van der Waals surface area contributed by atoms with Gasteiger partial charge in [-0.15, -0.1) is 11.3 Å². The number of thiazole rings is 1. The number of hydrogen-bond acceptors (Lipinski definition) is 3. The first-order chi connectivity index (χ1) is 8.55. The average molecular weight is 260 g/mol. The lowest BCUT2D eigenvalue weighted by molar-refractivity contribution is 0.422. The predicted molar refractivity (Wildman–Crippen MR) is 77.9 cm³/mol. The van der Waals surface area contributed by atoms with E-state index in [9.17, 15) is 0 Å². The molecule has 0 aliphatic carbocycles. The Morgan fingerprint density at radius 1 is 1.22 bits per heavy atom. The maximum absolute atomic E-state index is 6.58. The van der Waals surface area contributed by atoms with Gasteiger partial charge < -0.3 is 5.73 Å². The Labute approximate surface area is 113 Å². The Hall–Kier alpha value is -1.19. The molecule has 96 valence electrons. The highest BCUT2D eigenvalue weighted by Crippen LogP contribution is 2.31. The third-order valence-electron chi connectivity index (χ3n) is 3.45. The molecule has 18 heavy (non-hydrogen) atoms. The lowest BCUT2D eigenvalue weighted by Gasteiger charge is -2.26.